The molecule has 0 radical (unpaired) electrons. The molecule has 30 heavy (non-hydrogen) atoms. The zero-order valence-corrected chi connectivity index (χ0v) is 19.3. The number of hydrogen-bond acceptors (Lipinski definition) is 4. The molecule has 0 spiro atoms. The van der Waals surface area contributed by atoms with Crippen LogP contribution in [0.25, 0.3) is 0 Å². The van der Waals surface area contributed by atoms with Crippen LogP contribution in [0, 0.1) is 13.8 Å². The molecule has 1 amide bonds. The maximum atomic E-state index is 13.4. The number of sulfonamides is 1. The number of carbonyl (C=O) groups is 1. The Labute approximate surface area is 184 Å². The molecule has 3 rings (SSSR count). The quantitative estimate of drug-likeness (QED) is 0.584. The molecule has 2 aromatic rings. The van der Waals surface area contributed by atoms with Gasteiger partial charge < -0.3 is 5.32 Å². The van der Waals surface area contributed by atoms with E-state index in [-0.39, 0.29) is 17.3 Å². The highest BCUT2D eigenvalue weighted by molar-refractivity contribution is 7.99. The van der Waals surface area contributed by atoms with Crippen LogP contribution in [-0.2, 0) is 14.8 Å². The topological polar surface area (TPSA) is 66.5 Å². The van der Waals surface area contributed by atoms with Crippen LogP contribution >= 0.6 is 11.8 Å². The predicted molar refractivity (Wildman–Crippen MR) is 125 cm³/mol. The molecule has 0 unspecified atom stereocenters. The first-order valence-electron chi connectivity index (χ1n) is 10.4. The molecule has 0 aliphatic heterocycles. The lowest BCUT2D eigenvalue weighted by Gasteiger charge is -2.26. The second-order valence-corrected chi connectivity index (χ2v) is 10.9. The Hall–Kier alpha value is -1.99. The third-order valence-corrected chi connectivity index (χ3v) is 8.70. The first-order chi connectivity index (χ1) is 14.4. The molecule has 1 aliphatic rings. The van der Waals surface area contributed by atoms with Crippen molar-refractivity contribution in [2.24, 2.45) is 0 Å². The van der Waals surface area contributed by atoms with E-state index in [0.29, 0.717) is 17.5 Å². The second-order valence-electron chi connectivity index (χ2n) is 7.67. The number of aryl methyl sites for hydroxylation is 1. The average molecular weight is 447 g/mol. The van der Waals surface area contributed by atoms with Crippen LogP contribution < -0.4 is 9.62 Å². The maximum absolute atomic E-state index is 13.4. The summed E-state index contributed by atoms with van der Waals surface area (Å²) in [7, 11) is -3.86. The number of carbonyl (C=O) groups excluding carboxylic acids is 1. The fourth-order valence-corrected chi connectivity index (χ4v) is 6.40. The van der Waals surface area contributed by atoms with Crippen LogP contribution in [-0.4, -0.2) is 38.4 Å². The van der Waals surface area contributed by atoms with Crippen LogP contribution in [0.2, 0.25) is 0 Å². The summed E-state index contributed by atoms with van der Waals surface area (Å²) in [5, 5.41) is 3.60. The molecule has 5 nitrogen and oxygen atoms in total. The molecule has 1 saturated carbocycles. The molecule has 7 heteroatoms. The SMILES string of the molecule is Cc1cccc(N(CC(=O)NCCSC2CCCC2)S(=O)(=O)c2ccccc2)c1C. The van der Waals surface area contributed by atoms with Crippen LogP contribution in [0.4, 0.5) is 5.69 Å². The maximum Gasteiger partial charge on any atom is 0.264 e. The van der Waals surface area contributed by atoms with Crippen LogP contribution in [0.3, 0.4) is 0 Å². The van der Waals surface area contributed by atoms with E-state index < -0.39 is 10.0 Å². The number of anilines is 1. The van der Waals surface area contributed by atoms with Gasteiger partial charge in [-0.05, 0) is 56.0 Å². The minimum absolute atomic E-state index is 0.176. The largest absolute Gasteiger partial charge is 0.354 e. The fourth-order valence-electron chi connectivity index (χ4n) is 3.68. The Kier molecular flexibility index (Phi) is 7.83. The summed E-state index contributed by atoms with van der Waals surface area (Å²) in [6.07, 6.45) is 5.11. The van der Waals surface area contributed by atoms with E-state index in [1.807, 2.05) is 37.7 Å². The van der Waals surface area contributed by atoms with Crippen molar-refractivity contribution in [2.45, 2.75) is 49.7 Å². The third kappa shape index (κ3) is 5.58. The number of nitrogens with one attached hydrogen (secondary N) is 1. The van der Waals surface area contributed by atoms with E-state index in [1.165, 1.54) is 30.0 Å². The van der Waals surface area contributed by atoms with Gasteiger partial charge in [-0.3, -0.25) is 9.10 Å². The number of amides is 1. The van der Waals surface area contributed by atoms with Gasteiger partial charge in [0.1, 0.15) is 6.54 Å². The molecular formula is C23H30N2O3S2. The summed E-state index contributed by atoms with van der Waals surface area (Å²) >= 11 is 1.90. The average Bonchev–Trinajstić information content (AvgIpc) is 3.26. The molecule has 0 heterocycles. The van der Waals surface area contributed by atoms with Crippen molar-refractivity contribution >= 4 is 33.4 Å². The van der Waals surface area contributed by atoms with E-state index in [4.69, 9.17) is 0 Å². The standard InChI is InChI=1S/C23H30N2O3S2/c1-18-9-8-14-22(19(18)2)25(30(27,28)21-12-4-3-5-13-21)17-23(26)24-15-16-29-20-10-6-7-11-20/h3-5,8-9,12-14,20H,6-7,10-11,15-17H2,1-2H3,(H,24,26). The van der Waals surface area contributed by atoms with Crippen LogP contribution in [0.5, 0.6) is 0 Å². The number of thioether (sulfide) groups is 1. The molecule has 2 aromatic carbocycles. The van der Waals surface area contributed by atoms with E-state index in [2.05, 4.69) is 5.32 Å². The molecule has 0 atom stereocenters. The summed E-state index contributed by atoms with van der Waals surface area (Å²) in [5.74, 6) is 0.563. The Bertz CT molecular complexity index is 956. The molecule has 162 valence electrons. The van der Waals surface area contributed by atoms with Gasteiger partial charge in [0.2, 0.25) is 5.91 Å². The third-order valence-electron chi connectivity index (χ3n) is 5.54. The molecule has 0 saturated heterocycles. The van der Waals surface area contributed by atoms with Crippen molar-refractivity contribution in [2.75, 3.05) is 23.1 Å². The van der Waals surface area contributed by atoms with Gasteiger partial charge >= 0.3 is 0 Å². The minimum atomic E-state index is -3.86. The zero-order chi connectivity index (χ0) is 21.6. The van der Waals surface area contributed by atoms with Gasteiger partial charge in [0.15, 0.2) is 0 Å². The van der Waals surface area contributed by atoms with Crippen LogP contribution in [0.15, 0.2) is 53.4 Å². The molecule has 0 bridgehead atoms. The first kappa shape index (κ1) is 22.7. The Morgan fingerprint density at radius 2 is 1.77 bits per heavy atom. The molecule has 1 fully saturated rings. The van der Waals surface area contributed by atoms with Crippen LogP contribution in [0.1, 0.15) is 36.8 Å². The molecule has 1 aliphatic carbocycles. The minimum Gasteiger partial charge on any atom is -0.354 e. The van der Waals surface area contributed by atoms with E-state index in [9.17, 15) is 13.2 Å². The van der Waals surface area contributed by atoms with E-state index in [1.54, 1.807) is 36.4 Å². The number of benzene rings is 2. The monoisotopic (exact) mass is 446 g/mol. The molecular weight excluding hydrogens is 416 g/mol. The lowest BCUT2D eigenvalue weighted by atomic mass is 10.1. The number of nitrogens with zero attached hydrogens (tertiary/aromatic N) is 1. The van der Waals surface area contributed by atoms with Gasteiger partial charge in [0, 0.05) is 17.5 Å². The first-order valence-corrected chi connectivity index (χ1v) is 12.9. The lowest BCUT2D eigenvalue weighted by Crippen LogP contribution is -2.41. The van der Waals surface area contributed by atoms with Gasteiger partial charge in [-0.1, -0.05) is 43.2 Å². The molecule has 1 N–H and O–H groups in total. The smallest absolute Gasteiger partial charge is 0.264 e. The van der Waals surface area contributed by atoms with E-state index >= 15 is 0 Å². The highest BCUT2D eigenvalue weighted by Gasteiger charge is 2.28. The highest BCUT2D eigenvalue weighted by atomic mass is 32.2. The van der Waals surface area contributed by atoms with Crippen molar-refractivity contribution in [3.05, 3.63) is 59.7 Å². The second kappa shape index (κ2) is 10.4. The van der Waals surface area contributed by atoms with Gasteiger partial charge in [0.25, 0.3) is 10.0 Å². The summed E-state index contributed by atoms with van der Waals surface area (Å²) in [4.78, 5) is 12.8. The van der Waals surface area contributed by atoms with Gasteiger partial charge in [-0.15, -0.1) is 0 Å². The van der Waals surface area contributed by atoms with Gasteiger partial charge in [0.05, 0.1) is 10.6 Å². The summed E-state index contributed by atoms with van der Waals surface area (Å²) in [6.45, 7) is 4.13. The Morgan fingerprint density at radius 3 is 2.47 bits per heavy atom. The highest BCUT2D eigenvalue weighted by Crippen LogP contribution is 2.29. The normalized spacial score (nSPS) is 14.6. The lowest BCUT2D eigenvalue weighted by molar-refractivity contribution is -0.119. The van der Waals surface area contributed by atoms with Gasteiger partial charge in [-0.25, -0.2) is 8.42 Å². The Balaban J connectivity index is 1.74. The van der Waals surface area contributed by atoms with Crippen molar-refractivity contribution in [1.29, 1.82) is 0 Å². The number of rotatable bonds is 9. The van der Waals surface area contributed by atoms with Crippen molar-refractivity contribution in [3.63, 3.8) is 0 Å². The summed E-state index contributed by atoms with van der Waals surface area (Å²) in [5.41, 5.74) is 2.37. The van der Waals surface area contributed by atoms with Crippen molar-refractivity contribution in [1.82, 2.24) is 5.32 Å². The summed E-state index contributed by atoms with van der Waals surface area (Å²) in [6, 6.07) is 13.8. The van der Waals surface area contributed by atoms with Gasteiger partial charge in [-0.2, -0.15) is 11.8 Å². The predicted octanol–water partition coefficient (Wildman–Crippen LogP) is 4.29. The summed E-state index contributed by atoms with van der Waals surface area (Å²) < 4.78 is 28.0. The number of hydrogen-bond donors (Lipinski definition) is 1. The Morgan fingerprint density at radius 1 is 1.07 bits per heavy atom. The molecule has 0 aromatic heterocycles. The zero-order valence-electron chi connectivity index (χ0n) is 17.6. The van der Waals surface area contributed by atoms with Crippen molar-refractivity contribution in [3.8, 4) is 0 Å². The fraction of sp³-hybridized carbons (Fsp3) is 0.435. The van der Waals surface area contributed by atoms with E-state index in [0.717, 1.165) is 16.9 Å². The van der Waals surface area contributed by atoms with Crippen molar-refractivity contribution < 1.29 is 13.2 Å².